The van der Waals surface area contributed by atoms with E-state index in [1.807, 2.05) is 17.7 Å². The van der Waals surface area contributed by atoms with Gasteiger partial charge in [0.05, 0.1) is 5.75 Å². The smallest absolute Gasteiger partial charge is 0.321 e. The van der Waals surface area contributed by atoms with Crippen LogP contribution < -0.4 is 10.6 Å². The van der Waals surface area contributed by atoms with Gasteiger partial charge in [-0.3, -0.25) is 10.1 Å². The van der Waals surface area contributed by atoms with Gasteiger partial charge in [-0.15, -0.1) is 0 Å². The van der Waals surface area contributed by atoms with Crippen LogP contribution >= 0.6 is 11.8 Å². The number of nitrogens with one attached hydrogen (secondary N) is 2. The molecule has 1 saturated carbocycles. The van der Waals surface area contributed by atoms with E-state index in [2.05, 4.69) is 22.5 Å². The first-order valence-electron chi connectivity index (χ1n) is 7.84. The van der Waals surface area contributed by atoms with Gasteiger partial charge in [-0.1, -0.05) is 31.5 Å². The Bertz CT molecular complexity index is 517. The van der Waals surface area contributed by atoms with E-state index in [1.165, 1.54) is 18.2 Å². The van der Waals surface area contributed by atoms with Gasteiger partial charge in [0.2, 0.25) is 5.91 Å². The normalized spacial score (nSPS) is 21.4. The van der Waals surface area contributed by atoms with E-state index < -0.39 is 0 Å². The largest absolute Gasteiger partial charge is 0.335 e. The molecule has 6 nitrogen and oxygen atoms in total. The quantitative estimate of drug-likeness (QED) is 0.816. The van der Waals surface area contributed by atoms with Crippen molar-refractivity contribution in [3.05, 3.63) is 12.4 Å². The minimum Gasteiger partial charge on any atom is -0.335 e. The van der Waals surface area contributed by atoms with Crippen LogP contribution in [-0.2, 0) is 11.3 Å². The Morgan fingerprint density at radius 3 is 2.91 bits per heavy atom. The fourth-order valence-electron chi connectivity index (χ4n) is 2.70. The maximum Gasteiger partial charge on any atom is 0.321 e. The fraction of sp³-hybridized carbons (Fsp3) is 0.667. The number of rotatable bonds is 5. The van der Waals surface area contributed by atoms with Crippen molar-refractivity contribution in [3.8, 4) is 0 Å². The minimum atomic E-state index is -0.386. The monoisotopic (exact) mass is 324 g/mol. The predicted molar refractivity (Wildman–Crippen MR) is 86.7 cm³/mol. The van der Waals surface area contributed by atoms with Gasteiger partial charge >= 0.3 is 6.03 Å². The van der Waals surface area contributed by atoms with Crippen LogP contribution in [0.2, 0.25) is 0 Å². The Morgan fingerprint density at radius 1 is 1.41 bits per heavy atom. The molecule has 2 atom stereocenters. The number of hydrogen-bond acceptors (Lipinski definition) is 4. The number of carbonyl (C=O) groups excluding carboxylic acids is 2. The second kappa shape index (κ2) is 8.22. The Kier molecular flexibility index (Phi) is 6.30. The topological polar surface area (TPSA) is 76.0 Å². The Morgan fingerprint density at radius 2 is 2.18 bits per heavy atom. The summed E-state index contributed by atoms with van der Waals surface area (Å²) in [6.45, 7) is 4.97. The molecule has 2 rings (SSSR count). The molecule has 0 aromatic carbocycles. The second-order valence-electron chi connectivity index (χ2n) is 5.67. The van der Waals surface area contributed by atoms with Crippen molar-refractivity contribution in [2.45, 2.75) is 57.3 Å². The van der Waals surface area contributed by atoms with Crippen LogP contribution in [0.1, 0.15) is 39.5 Å². The highest BCUT2D eigenvalue weighted by Crippen LogP contribution is 2.23. The zero-order chi connectivity index (χ0) is 15.9. The summed E-state index contributed by atoms with van der Waals surface area (Å²) in [6.07, 6.45) is 8.07. The maximum absolute atomic E-state index is 11.9. The number of thioether (sulfide) groups is 1. The molecular formula is C15H24N4O2S. The molecule has 1 aromatic heterocycles. The first-order chi connectivity index (χ1) is 10.6. The Hall–Kier alpha value is -1.50. The van der Waals surface area contributed by atoms with Crippen molar-refractivity contribution in [2.75, 3.05) is 5.75 Å². The Balaban J connectivity index is 1.73. The second-order valence-corrected chi connectivity index (χ2v) is 6.62. The van der Waals surface area contributed by atoms with Crippen molar-refractivity contribution in [2.24, 2.45) is 5.92 Å². The third-order valence-corrected chi connectivity index (χ3v) is 5.04. The van der Waals surface area contributed by atoms with Crippen LogP contribution in [-0.4, -0.2) is 33.3 Å². The van der Waals surface area contributed by atoms with Crippen molar-refractivity contribution in [1.82, 2.24) is 20.2 Å². The number of hydrogen-bond donors (Lipinski definition) is 2. The molecule has 22 heavy (non-hydrogen) atoms. The fourth-order valence-corrected chi connectivity index (χ4v) is 3.53. The van der Waals surface area contributed by atoms with Crippen molar-refractivity contribution >= 4 is 23.7 Å². The molecule has 0 spiro atoms. The van der Waals surface area contributed by atoms with Crippen molar-refractivity contribution < 1.29 is 9.59 Å². The molecule has 7 heteroatoms. The van der Waals surface area contributed by atoms with E-state index in [9.17, 15) is 9.59 Å². The molecule has 1 aliphatic rings. The summed E-state index contributed by atoms with van der Waals surface area (Å²) in [4.78, 5) is 27.9. The highest BCUT2D eigenvalue weighted by molar-refractivity contribution is 7.99. The molecule has 0 bridgehead atoms. The van der Waals surface area contributed by atoms with Crippen LogP contribution in [0.3, 0.4) is 0 Å². The summed E-state index contributed by atoms with van der Waals surface area (Å²) < 4.78 is 1.96. The summed E-state index contributed by atoms with van der Waals surface area (Å²) in [6, 6.07) is -0.212. The standard InChI is InChI=1S/C15H24N4O2S/c1-3-19-9-8-16-15(19)22-10-13(20)18-14(21)17-12-7-5-4-6-11(12)2/h8-9,11-12H,3-7,10H2,1-2H3,(H2,17,18,20,21)/t11-,12+/m1/s1. The average Bonchev–Trinajstić information content (AvgIpc) is 2.95. The lowest BCUT2D eigenvalue weighted by molar-refractivity contribution is -0.117. The lowest BCUT2D eigenvalue weighted by Gasteiger charge is -2.29. The van der Waals surface area contributed by atoms with Crippen LogP contribution in [0, 0.1) is 5.92 Å². The number of imidazole rings is 1. The molecule has 0 unspecified atom stereocenters. The highest BCUT2D eigenvalue weighted by Gasteiger charge is 2.23. The molecule has 1 fully saturated rings. The van der Waals surface area contributed by atoms with E-state index in [1.54, 1.807) is 6.20 Å². The van der Waals surface area contributed by atoms with Crippen molar-refractivity contribution in [3.63, 3.8) is 0 Å². The van der Waals surface area contributed by atoms with Gasteiger partial charge in [-0.25, -0.2) is 9.78 Å². The van der Waals surface area contributed by atoms with E-state index in [0.717, 1.165) is 31.0 Å². The molecule has 0 saturated heterocycles. The summed E-state index contributed by atoms with van der Waals surface area (Å²) in [7, 11) is 0. The average molecular weight is 324 g/mol. The highest BCUT2D eigenvalue weighted by atomic mass is 32.2. The first-order valence-corrected chi connectivity index (χ1v) is 8.83. The van der Waals surface area contributed by atoms with E-state index in [0.29, 0.717) is 5.92 Å². The number of carbonyl (C=O) groups is 2. The van der Waals surface area contributed by atoms with Gasteiger partial charge in [-0.05, 0) is 25.7 Å². The van der Waals surface area contributed by atoms with Gasteiger partial charge in [-0.2, -0.15) is 0 Å². The molecule has 1 aromatic rings. The molecule has 3 amide bonds. The predicted octanol–water partition coefficient (Wildman–Crippen LogP) is 2.40. The maximum atomic E-state index is 11.9. The summed E-state index contributed by atoms with van der Waals surface area (Å²) >= 11 is 1.33. The third kappa shape index (κ3) is 4.76. The van der Waals surface area contributed by atoms with E-state index in [4.69, 9.17) is 0 Å². The molecule has 1 aliphatic carbocycles. The van der Waals surface area contributed by atoms with Crippen LogP contribution in [0.15, 0.2) is 17.6 Å². The number of aryl methyl sites for hydroxylation is 1. The number of amides is 3. The third-order valence-electron chi connectivity index (χ3n) is 4.03. The number of imide groups is 1. The molecule has 2 N–H and O–H groups in total. The molecule has 0 aliphatic heterocycles. The van der Waals surface area contributed by atoms with Gasteiger partial charge in [0.1, 0.15) is 0 Å². The number of aromatic nitrogens is 2. The summed E-state index contributed by atoms with van der Waals surface area (Å²) in [5.74, 6) is 0.364. The van der Waals surface area contributed by atoms with E-state index in [-0.39, 0.29) is 23.7 Å². The molecule has 1 heterocycles. The van der Waals surface area contributed by atoms with Gasteiger partial charge in [0, 0.05) is 25.0 Å². The first kappa shape index (κ1) is 16.9. The molecule has 122 valence electrons. The van der Waals surface area contributed by atoms with Gasteiger partial charge < -0.3 is 9.88 Å². The zero-order valence-electron chi connectivity index (χ0n) is 13.2. The SMILES string of the molecule is CCn1ccnc1SCC(=O)NC(=O)N[C@H]1CCCC[C@H]1C. The van der Waals surface area contributed by atoms with Crippen LogP contribution in [0.5, 0.6) is 0 Å². The number of urea groups is 1. The van der Waals surface area contributed by atoms with Gasteiger partial charge in [0.25, 0.3) is 0 Å². The number of nitrogens with zero attached hydrogens (tertiary/aromatic N) is 2. The van der Waals surface area contributed by atoms with Crippen molar-refractivity contribution in [1.29, 1.82) is 0 Å². The molecule has 0 radical (unpaired) electrons. The molecular weight excluding hydrogens is 300 g/mol. The lowest BCUT2D eigenvalue weighted by atomic mass is 9.86. The van der Waals surface area contributed by atoms with E-state index >= 15 is 0 Å². The lowest BCUT2D eigenvalue weighted by Crippen LogP contribution is -2.48. The summed E-state index contributed by atoms with van der Waals surface area (Å²) in [5.41, 5.74) is 0. The van der Waals surface area contributed by atoms with Crippen LogP contribution in [0.4, 0.5) is 4.79 Å². The summed E-state index contributed by atoms with van der Waals surface area (Å²) in [5, 5.41) is 6.11. The Labute approximate surface area is 135 Å². The zero-order valence-corrected chi connectivity index (χ0v) is 14.0. The van der Waals surface area contributed by atoms with Gasteiger partial charge in [0.15, 0.2) is 5.16 Å². The van der Waals surface area contributed by atoms with Crippen LogP contribution in [0.25, 0.3) is 0 Å². The minimum absolute atomic E-state index is 0.174.